The number of esters is 1. The SMILES string of the molecule is COC(=O)[C@@H]1[C@@H]2OC[C@]3(O)C=C[C@H]1[C@@H]3[C@H](O[C@@H]1O[C@H](CO)[C@@H](O)[C@H](O)[C@H]1O)O2. The number of rotatable bonds is 4. The van der Waals surface area contributed by atoms with Gasteiger partial charge in [0.15, 0.2) is 18.9 Å². The first-order valence-electron chi connectivity index (χ1n) is 9.03. The van der Waals surface area contributed by atoms with Gasteiger partial charge in [-0.05, 0) is 0 Å². The van der Waals surface area contributed by atoms with Crippen molar-refractivity contribution >= 4 is 5.97 Å². The van der Waals surface area contributed by atoms with E-state index in [1.165, 1.54) is 13.2 Å². The van der Waals surface area contributed by atoms with Crippen LogP contribution in [-0.4, -0.2) is 101 Å². The van der Waals surface area contributed by atoms with Gasteiger partial charge in [0.05, 0.1) is 26.2 Å². The summed E-state index contributed by atoms with van der Waals surface area (Å²) in [6, 6.07) is 0. The molecule has 0 spiro atoms. The Labute approximate surface area is 160 Å². The van der Waals surface area contributed by atoms with Crippen molar-refractivity contribution in [3.05, 3.63) is 12.2 Å². The smallest absolute Gasteiger partial charge is 0.314 e. The number of hydrogen-bond acceptors (Lipinski definition) is 11. The lowest BCUT2D eigenvalue weighted by atomic mass is 9.76. The second kappa shape index (κ2) is 7.27. The quantitative estimate of drug-likeness (QED) is 0.237. The number of allylic oxidation sites excluding steroid dienone is 1. The van der Waals surface area contributed by atoms with Gasteiger partial charge >= 0.3 is 5.97 Å². The molecule has 158 valence electrons. The van der Waals surface area contributed by atoms with Crippen LogP contribution >= 0.6 is 0 Å². The number of aliphatic hydroxyl groups excluding tert-OH is 4. The zero-order chi connectivity index (χ0) is 20.2. The number of carbonyl (C=O) groups is 1. The Morgan fingerprint density at radius 3 is 2.61 bits per heavy atom. The third kappa shape index (κ3) is 2.98. The summed E-state index contributed by atoms with van der Waals surface area (Å²) >= 11 is 0. The molecule has 5 rings (SSSR count). The summed E-state index contributed by atoms with van der Waals surface area (Å²) in [7, 11) is 1.24. The lowest BCUT2D eigenvalue weighted by Crippen LogP contribution is -2.61. The predicted molar refractivity (Wildman–Crippen MR) is 86.0 cm³/mol. The predicted octanol–water partition coefficient (Wildman–Crippen LogP) is -3.16. The molecule has 11 heteroatoms. The Bertz CT molecular complexity index is 639. The van der Waals surface area contributed by atoms with E-state index in [0.29, 0.717) is 0 Å². The molecule has 11 nitrogen and oxygen atoms in total. The first kappa shape index (κ1) is 20.1. The average molecular weight is 404 g/mol. The molecule has 0 aromatic heterocycles. The molecular formula is C17H24O11. The van der Waals surface area contributed by atoms with E-state index in [9.17, 15) is 30.3 Å². The monoisotopic (exact) mass is 404 g/mol. The standard InChI is InChI=1S/C17H24O11/c1-24-13(22)8-6-2-3-17(23)5-25-14(8)27-15(9(6)17)28-16-12(21)11(20)10(19)7(4-18)26-16/h2-3,6-12,14-16,18-21,23H,4-5H2,1H3/t6-,7-,8-,9-,10-,11+,12-,14-,15+,16+,17-/m1/s1. The van der Waals surface area contributed by atoms with Gasteiger partial charge in [-0.1, -0.05) is 12.2 Å². The van der Waals surface area contributed by atoms with Gasteiger partial charge in [0, 0.05) is 5.92 Å². The molecular weight excluding hydrogens is 380 g/mol. The maximum absolute atomic E-state index is 12.2. The first-order chi connectivity index (χ1) is 13.3. The first-order valence-corrected chi connectivity index (χ1v) is 9.03. The Kier molecular flexibility index (Phi) is 5.23. The van der Waals surface area contributed by atoms with Crippen molar-refractivity contribution in [1.29, 1.82) is 0 Å². The van der Waals surface area contributed by atoms with Crippen molar-refractivity contribution in [2.75, 3.05) is 20.3 Å². The van der Waals surface area contributed by atoms with E-state index in [1.807, 2.05) is 0 Å². The molecule has 0 aromatic rings. The molecule has 0 radical (unpaired) electrons. The fraction of sp³-hybridized carbons (Fsp3) is 0.824. The second-order valence-electron chi connectivity index (χ2n) is 7.52. The number of aliphatic hydroxyl groups is 5. The summed E-state index contributed by atoms with van der Waals surface area (Å²) in [6.45, 7) is -0.735. The average Bonchev–Trinajstić information content (AvgIpc) is 2.90. The Morgan fingerprint density at radius 2 is 1.93 bits per heavy atom. The van der Waals surface area contributed by atoms with Crippen LogP contribution in [0.5, 0.6) is 0 Å². The third-order valence-electron chi connectivity index (χ3n) is 5.94. The summed E-state index contributed by atoms with van der Waals surface area (Å²) < 4.78 is 27.2. The molecule has 5 N–H and O–H groups in total. The number of ether oxygens (including phenoxy) is 5. The minimum Gasteiger partial charge on any atom is -0.469 e. The van der Waals surface area contributed by atoms with E-state index in [2.05, 4.69) is 0 Å². The van der Waals surface area contributed by atoms with Crippen molar-refractivity contribution < 1.29 is 54.0 Å². The van der Waals surface area contributed by atoms with E-state index in [-0.39, 0.29) is 6.61 Å². The minimum absolute atomic E-state index is 0.128. The van der Waals surface area contributed by atoms with Gasteiger partial charge in [0.25, 0.3) is 0 Å². The molecule has 0 saturated carbocycles. The van der Waals surface area contributed by atoms with Crippen LogP contribution in [0, 0.1) is 17.8 Å². The highest BCUT2D eigenvalue weighted by Gasteiger charge is 2.63. The molecule has 28 heavy (non-hydrogen) atoms. The summed E-state index contributed by atoms with van der Waals surface area (Å²) in [6.07, 6.45) is -6.36. The molecule has 1 aliphatic carbocycles. The summed E-state index contributed by atoms with van der Waals surface area (Å²) in [5.41, 5.74) is -1.47. The largest absolute Gasteiger partial charge is 0.469 e. The van der Waals surface area contributed by atoms with E-state index in [0.717, 1.165) is 0 Å². The molecule has 5 aliphatic rings. The van der Waals surface area contributed by atoms with Crippen molar-refractivity contribution in [3.63, 3.8) is 0 Å². The second-order valence-corrected chi connectivity index (χ2v) is 7.52. The highest BCUT2D eigenvalue weighted by atomic mass is 16.8. The van der Waals surface area contributed by atoms with Crippen LogP contribution in [0.2, 0.25) is 0 Å². The Balaban J connectivity index is 1.58. The number of fused-ring (bicyclic) bond motifs is 2. The number of hydrogen-bond donors (Lipinski definition) is 5. The maximum Gasteiger partial charge on any atom is 0.314 e. The molecule has 0 unspecified atom stereocenters. The van der Waals surface area contributed by atoms with Crippen molar-refractivity contribution in [3.8, 4) is 0 Å². The van der Waals surface area contributed by atoms with Crippen LogP contribution < -0.4 is 0 Å². The van der Waals surface area contributed by atoms with Crippen molar-refractivity contribution in [2.45, 2.75) is 48.9 Å². The minimum atomic E-state index is -1.62. The van der Waals surface area contributed by atoms with Gasteiger partial charge in [-0.2, -0.15) is 0 Å². The third-order valence-corrected chi connectivity index (χ3v) is 5.94. The molecule has 0 aromatic carbocycles. The van der Waals surface area contributed by atoms with Crippen molar-refractivity contribution in [2.24, 2.45) is 17.8 Å². The maximum atomic E-state index is 12.2. The lowest BCUT2D eigenvalue weighted by Gasteiger charge is -2.45. The highest BCUT2D eigenvalue weighted by molar-refractivity contribution is 5.74. The fourth-order valence-electron chi connectivity index (χ4n) is 4.42. The normalized spacial score (nSPS) is 52.5. The van der Waals surface area contributed by atoms with E-state index in [4.69, 9.17) is 23.7 Å². The summed E-state index contributed by atoms with van der Waals surface area (Å²) in [5, 5.41) is 50.3. The van der Waals surface area contributed by atoms with Crippen LogP contribution in [-0.2, 0) is 28.5 Å². The molecule has 4 fully saturated rings. The summed E-state index contributed by atoms with van der Waals surface area (Å²) in [5.74, 6) is -2.63. The number of carbonyl (C=O) groups excluding carboxylic acids is 1. The van der Waals surface area contributed by atoms with Gasteiger partial charge in [-0.15, -0.1) is 0 Å². The molecule has 0 amide bonds. The van der Waals surface area contributed by atoms with Crippen LogP contribution in [0.4, 0.5) is 0 Å². The van der Waals surface area contributed by atoms with Crippen LogP contribution in [0.3, 0.4) is 0 Å². The van der Waals surface area contributed by atoms with Gasteiger partial charge in [0.1, 0.15) is 35.9 Å². The van der Waals surface area contributed by atoms with E-state index >= 15 is 0 Å². The molecule has 4 bridgehead atoms. The highest BCUT2D eigenvalue weighted by Crippen LogP contribution is 2.51. The molecule has 11 atom stereocenters. The topological polar surface area (TPSA) is 164 Å². The summed E-state index contributed by atoms with van der Waals surface area (Å²) in [4.78, 5) is 12.2. The Hall–Kier alpha value is -1.15. The van der Waals surface area contributed by atoms with Crippen LogP contribution in [0.1, 0.15) is 0 Å². The van der Waals surface area contributed by atoms with Crippen LogP contribution in [0.25, 0.3) is 0 Å². The zero-order valence-electron chi connectivity index (χ0n) is 15.0. The molecule has 4 heterocycles. The van der Waals surface area contributed by atoms with Crippen LogP contribution in [0.15, 0.2) is 12.2 Å². The van der Waals surface area contributed by atoms with Gasteiger partial charge in [0.2, 0.25) is 0 Å². The van der Waals surface area contributed by atoms with Gasteiger partial charge in [-0.25, -0.2) is 0 Å². The number of methoxy groups -OCH3 is 1. The Morgan fingerprint density at radius 1 is 1.18 bits per heavy atom. The van der Waals surface area contributed by atoms with Gasteiger partial charge in [-0.3, -0.25) is 4.79 Å². The zero-order valence-corrected chi connectivity index (χ0v) is 15.0. The van der Waals surface area contributed by atoms with E-state index in [1.54, 1.807) is 6.08 Å². The molecule has 4 saturated heterocycles. The van der Waals surface area contributed by atoms with Crippen molar-refractivity contribution in [1.82, 2.24) is 0 Å². The molecule has 4 aliphatic heterocycles. The van der Waals surface area contributed by atoms with E-state index < -0.39 is 79.2 Å². The fourth-order valence-corrected chi connectivity index (χ4v) is 4.42. The lowest BCUT2D eigenvalue weighted by molar-refractivity contribution is -0.374. The van der Waals surface area contributed by atoms with Gasteiger partial charge < -0.3 is 49.2 Å².